The van der Waals surface area contributed by atoms with E-state index >= 15 is 0 Å². The number of benzene rings is 1. The number of aromatic nitrogens is 3. The third kappa shape index (κ3) is 2.30. The Labute approximate surface area is 95.9 Å². The zero-order valence-corrected chi connectivity index (χ0v) is 9.28. The molecule has 0 fully saturated rings. The third-order valence-electron chi connectivity index (χ3n) is 2.40. The Bertz CT molecular complexity index is 543. The second-order valence-corrected chi connectivity index (χ2v) is 3.80. The normalized spacial score (nSPS) is 11.8. The summed E-state index contributed by atoms with van der Waals surface area (Å²) in [4.78, 5) is 0. The summed E-state index contributed by atoms with van der Waals surface area (Å²) in [6.45, 7) is 3.15. The van der Waals surface area contributed by atoms with Crippen LogP contribution in [-0.4, -0.2) is 15.0 Å². The summed E-state index contributed by atoms with van der Waals surface area (Å²) in [6.07, 6.45) is -2.78. The first kappa shape index (κ1) is 11.6. The van der Waals surface area contributed by atoms with Gasteiger partial charge in [0.25, 0.3) is 0 Å². The molecule has 1 aromatic heterocycles. The highest BCUT2D eigenvalue weighted by atomic mass is 19.4. The van der Waals surface area contributed by atoms with Crippen LogP contribution >= 0.6 is 0 Å². The standard InChI is InChI=1S/C11H10F3N3/c1-7-3-4-9(5-10(7)11(12,13)14)17-6-8(2)15-16-17/h3-6H,1-2H3. The smallest absolute Gasteiger partial charge is 0.220 e. The fourth-order valence-electron chi connectivity index (χ4n) is 1.53. The van der Waals surface area contributed by atoms with Crippen molar-refractivity contribution < 1.29 is 13.2 Å². The highest BCUT2D eigenvalue weighted by Gasteiger charge is 2.32. The highest BCUT2D eigenvalue weighted by Crippen LogP contribution is 2.32. The van der Waals surface area contributed by atoms with Gasteiger partial charge in [-0.05, 0) is 31.5 Å². The monoisotopic (exact) mass is 241 g/mol. The number of hydrogen-bond donors (Lipinski definition) is 0. The van der Waals surface area contributed by atoms with E-state index in [1.165, 1.54) is 17.7 Å². The van der Waals surface area contributed by atoms with E-state index < -0.39 is 11.7 Å². The van der Waals surface area contributed by atoms with Gasteiger partial charge in [0.15, 0.2) is 0 Å². The lowest BCUT2D eigenvalue weighted by Crippen LogP contribution is -2.09. The maximum atomic E-state index is 12.7. The van der Waals surface area contributed by atoms with Crippen molar-refractivity contribution in [2.75, 3.05) is 0 Å². The molecule has 3 nitrogen and oxygen atoms in total. The van der Waals surface area contributed by atoms with Crippen molar-refractivity contribution in [2.24, 2.45) is 0 Å². The molecule has 0 radical (unpaired) electrons. The zero-order chi connectivity index (χ0) is 12.6. The van der Waals surface area contributed by atoms with Gasteiger partial charge in [0.05, 0.1) is 23.1 Å². The SMILES string of the molecule is Cc1cn(-c2ccc(C)c(C(F)(F)F)c2)nn1. The summed E-state index contributed by atoms with van der Waals surface area (Å²) in [6, 6.07) is 4.08. The van der Waals surface area contributed by atoms with Crippen LogP contribution in [0.2, 0.25) is 0 Å². The van der Waals surface area contributed by atoms with Crippen molar-refractivity contribution in [2.45, 2.75) is 20.0 Å². The second kappa shape index (κ2) is 3.87. The second-order valence-electron chi connectivity index (χ2n) is 3.80. The molecule has 17 heavy (non-hydrogen) atoms. The molecule has 2 rings (SSSR count). The molecule has 0 aliphatic heterocycles. The summed E-state index contributed by atoms with van der Waals surface area (Å²) in [5.74, 6) is 0. The molecule has 1 heterocycles. The molecule has 6 heteroatoms. The molecule has 0 saturated carbocycles. The van der Waals surface area contributed by atoms with Crippen molar-refractivity contribution in [1.82, 2.24) is 15.0 Å². The van der Waals surface area contributed by atoms with Crippen LogP contribution in [0.15, 0.2) is 24.4 Å². The molecule has 0 amide bonds. The van der Waals surface area contributed by atoms with Crippen LogP contribution in [0.1, 0.15) is 16.8 Å². The number of nitrogens with zero attached hydrogens (tertiary/aromatic N) is 3. The van der Waals surface area contributed by atoms with Gasteiger partial charge in [0.2, 0.25) is 0 Å². The predicted octanol–water partition coefficient (Wildman–Crippen LogP) is 2.90. The summed E-state index contributed by atoms with van der Waals surface area (Å²) in [5.41, 5.74) is 0.545. The van der Waals surface area contributed by atoms with E-state index in [0.717, 1.165) is 6.07 Å². The van der Waals surface area contributed by atoms with Gasteiger partial charge >= 0.3 is 6.18 Å². The predicted molar refractivity (Wildman–Crippen MR) is 55.8 cm³/mol. The van der Waals surface area contributed by atoms with Gasteiger partial charge in [0.1, 0.15) is 0 Å². The Kier molecular flexibility index (Phi) is 2.65. The van der Waals surface area contributed by atoms with E-state index in [1.54, 1.807) is 19.2 Å². The molecule has 2 aromatic rings. The number of hydrogen-bond acceptors (Lipinski definition) is 2. The molecule has 0 spiro atoms. The van der Waals surface area contributed by atoms with Crippen molar-refractivity contribution in [3.63, 3.8) is 0 Å². The lowest BCUT2D eigenvalue weighted by Gasteiger charge is -2.11. The van der Waals surface area contributed by atoms with Gasteiger partial charge in [-0.25, -0.2) is 4.68 Å². The summed E-state index contributed by atoms with van der Waals surface area (Å²) in [5, 5.41) is 7.48. The maximum Gasteiger partial charge on any atom is 0.416 e. The first-order chi connectivity index (χ1) is 7.88. The number of alkyl halides is 3. The fourth-order valence-corrected chi connectivity index (χ4v) is 1.53. The van der Waals surface area contributed by atoms with Crippen LogP contribution in [0.3, 0.4) is 0 Å². The fraction of sp³-hybridized carbons (Fsp3) is 0.273. The van der Waals surface area contributed by atoms with Crippen LogP contribution in [0.4, 0.5) is 13.2 Å². The molecule has 0 saturated heterocycles. The molecule has 90 valence electrons. The van der Waals surface area contributed by atoms with E-state index in [9.17, 15) is 13.2 Å². The summed E-state index contributed by atoms with van der Waals surface area (Å²) >= 11 is 0. The van der Waals surface area contributed by atoms with Crippen LogP contribution in [0, 0.1) is 13.8 Å². The summed E-state index contributed by atoms with van der Waals surface area (Å²) < 4.78 is 39.4. The van der Waals surface area contributed by atoms with E-state index in [0.29, 0.717) is 11.4 Å². The van der Waals surface area contributed by atoms with Gasteiger partial charge in [-0.2, -0.15) is 13.2 Å². The van der Waals surface area contributed by atoms with Crippen molar-refractivity contribution >= 4 is 0 Å². The Morgan fingerprint density at radius 3 is 2.41 bits per heavy atom. The Morgan fingerprint density at radius 2 is 1.88 bits per heavy atom. The van der Waals surface area contributed by atoms with E-state index in [-0.39, 0.29) is 5.56 Å². The Morgan fingerprint density at radius 1 is 1.18 bits per heavy atom. The minimum atomic E-state index is -4.35. The van der Waals surface area contributed by atoms with Crippen molar-refractivity contribution in [3.05, 3.63) is 41.2 Å². The molecule has 0 N–H and O–H groups in total. The third-order valence-corrected chi connectivity index (χ3v) is 2.40. The van der Waals surface area contributed by atoms with Gasteiger partial charge in [-0.1, -0.05) is 11.3 Å². The molecule has 0 unspecified atom stereocenters. The summed E-state index contributed by atoms with van der Waals surface area (Å²) in [7, 11) is 0. The van der Waals surface area contributed by atoms with E-state index in [2.05, 4.69) is 10.3 Å². The number of halogens is 3. The maximum absolute atomic E-state index is 12.7. The van der Waals surface area contributed by atoms with E-state index in [4.69, 9.17) is 0 Å². The minimum absolute atomic E-state index is 0.193. The zero-order valence-electron chi connectivity index (χ0n) is 9.28. The first-order valence-corrected chi connectivity index (χ1v) is 4.95. The van der Waals surface area contributed by atoms with Crippen LogP contribution in [-0.2, 0) is 6.18 Å². The molecule has 0 bridgehead atoms. The lowest BCUT2D eigenvalue weighted by molar-refractivity contribution is -0.138. The average molecular weight is 241 g/mol. The van der Waals surface area contributed by atoms with Gasteiger partial charge in [-0.15, -0.1) is 5.10 Å². The van der Waals surface area contributed by atoms with Crippen LogP contribution in [0.25, 0.3) is 5.69 Å². The van der Waals surface area contributed by atoms with Gasteiger partial charge < -0.3 is 0 Å². The van der Waals surface area contributed by atoms with Crippen molar-refractivity contribution in [1.29, 1.82) is 0 Å². The molecule has 0 aliphatic carbocycles. The van der Waals surface area contributed by atoms with Crippen LogP contribution < -0.4 is 0 Å². The van der Waals surface area contributed by atoms with Crippen molar-refractivity contribution in [3.8, 4) is 5.69 Å². The Balaban J connectivity index is 2.51. The molecule has 0 atom stereocenters. The van der Waals surface area contributed by atoms with Gasteiger partial charge in [-0.3, -0.25) is 0 Å². The number of rotatable bonds is 1. The largest absolute Gasteiger partial charge is 0.416 e. The quantitative estimate of drug-likeness (QED) is 0.768. The molecule has 1 aromatic carbocycles. The molecule has 0 aliphatic rings. The minimum Gasteiger partial charge on any atom is -0.220 e. The molecular formula is C11H10F3N3. The number of aryl methyl sites for hydroxylation is 2. The molecular weight excluding hydrogens is 231 g/mol. The van der Waals surface area contributed by atoms with Crippen LogP contribution in [0.5, 0.6) is 0 Å². The van der Waals surface area contributed by atoms with Gasteiger partial charge in [0, 0.05) is 0 Å². The first-order valence-electron chi connectivity index (χ1n) is 4.95. The Hall–Kier alpha value is -1.85. The topological polar surface area (TPSA) is 30.7 Å². The highest BCUT2D eigenvalue weighted by molar-refractivity contribution is 5.41. The lowest BCUT2D eigenvalue weighted by atomic mass is 10.1. The van der Waals surface area contributed by atoms with E-state index in [1.807, 2.05) is 0 Å². The average Bonchev–Trinajstić information content (AvgIpc) is 2.64.